The van der Waals surface area contributed by atoms with Crippen LogP contribution in [0, 0.1) is 40.9 Å². The van der Waals surface area contributed by atoms with Crippen molar-refractivity contribution in [1.82, 2.24) is 0 Å². The molecule has 0 saturated heterocycles. The Kier molecular flexibility index (Phi) is 10.4. The summed E-state index contributed by atoms with van der Waals surface area (Å²) in [7, 11) is 0. The third-order valence-electron chi connectivity index (χ3n) is 10.2. The van der Waals surface area contributed by atoms with Crippen LogP contribution in [0.2, 0.25) is 0 Å². The molecule has 0 radical (unpaired) electrons. The molecule has 0 aliphatic heterocycles. The van der Waals surface area contributed by atoms with Crippen molar-refractivity contribution in [2.24, 2.45) is 35.0 Å². The van der Waals surface area contributed by atoms with E-state index in [0.717, 1.165) is 11.8 Å². The van der Waals surface area contributed by atoms with Gasteiger partial charge in [0.05, 0.1) is 0 Å². The van der Waals surface area contributed by atoms with Crippen molar-refractivity contribution in [3.05, 3.63) is 82.8 Å². The van der Waals surface area contributed by atoms with E-state index >= 15 is 0 Å². The number of rotatable bonds is 0. The molecule has 1 fully saturated rings. The molecular formula is C30H40Cl2Zr. The minimum absolute atomic E-state index is 0. The Balaban J connectivity index is 0.000000607. The van der Waals surface area contributed by atoms with E-state index in [2.05, 4.69) is 79.7 Å². The topological polar surface area (TPSA) is 0 Å². The van der Waals surface area contributed by atoms with E-state index in [-0.39, 0.29) is 56.4 Å². The quantitative estimate of drug-likeness (QED) is 0.431. The van der Waals surface area contributed by atoms with Crippen LogP contribution in [0.4, 0.5) is 0 Å². The summed E-state index contributed by atoms with van der Waals surface area (Å²) in [6, 6.07) is 19.2. The fraction of sp³-hybridized carbons (Fsp3) is 0.533. The Morgan fingerprint density at radius 2 is 1.42 bits per heavy atom. The molecule has 0 N–H and O–H groups in total. The third-order valence-corrected chi connectivity index (χ3v) is 10.2. The van der Waals surface area contributed by atoms with Gasteiger partial charge in [0.25, 0.3) is 0 Å². The number of fused-ring (bicyclic) bond motifs is 4. The number of hydrogen-bond acceptors (Lipinski definition) is 0. The molecule has 0 spiro atoms. The van der Waals surface area contributed by atoms with Gasteiger partial charge in [-0.2, -0.15) is 23.8 Å². The van der Waals surface area contributed by atoms with E-state index in [0.29, 0.717) is 23.2 Å². The molecule has 0 aromatic heterocycles. The van der Waals surface area contributed by atoms with Gasteiger partial charge in [0.2, 0.25) is 0 Å². The minimum Gasteiger partial charge on any atom is -1.00 e. The Hall–Kier alpha value is -0.357. The molecule has 0 heterocycles. The largest absolute Gasteiger partial charge is 4.00 e. The van der Waals surface area contributed by atoms with Crippen LogP contribution in [-0.4, -0.2) is 0 Å². The average molecular weight is 563 g/mol. The summed E-state index contributed by atoms with van der Waals surface area (Å²) in [5.41, 5.74) is 7.21. The predicted octanol–water partition coefficient (Wildman–Crippen LogP) is 2.02. The third kappa shape index (κ3) is 4.38. The molecule has 1 saturated carbocycles. The first-order valence-corrected chi connectivity index (χ1v) is 12.0. The van der Waals surface area contributed by atoms with E-state index in [1.165, 1.54) is 6.42 Å². The molecule has 0 amide bonds. The SMILES string of the molecule is C[C-]1C2=C3Cc4ccccc4C3(C)C(C)C(C)C2(C)C(C)C(C)C1C.[Cl-].[Cl-].[Zr+4].c1cc[cH-]c1. The van der Waals surface area contributed by atoms with Gasteiger partial charge in [-0.1, -0.05) is 96.2 Å². The smallest absolute Gasteiger partial charge is 1.00 e. The average Bonchev–Trinajstić information content (AvgIpc) is 3.41. The zero-order valence-electron chi connectivity index (χ0n) is 21.5. The Morgan fingerprint density at radius 1 is 0.848 bits per heavy atom. The van der Waals surface area contributed by atoms with Gasteiger partial charge in [-0.15, -0.1) is 6.92 Å². The number of benzene rings is 1. The van der Waals surface area contributed by atoms with Gasteiger partial charge in [0.15, 0.2) is 0 Å². The first kappa shape index (κ1) is 30.7. The second-order valence-electron chi connectivity index (χ2n) is 10.8. The summed E-state index contributed by atoms with van der Waals surface area (Å²) in [5.74, 6) is 5.25. The summed E-state index contributed by atoms with van der Waals surface area (Å²) >= 11 is 0. The zero-order valence-corrected chi connectivity index (χ0v) is 25.5. The Labute approximate surface area is 234 Å². The normalized spacial score (nSPS) is 36.0. The Morgan fingerprint density at radius 3 is 1.97 bits per heavy atom. The predicted molar refractivity (Wildman–Crippen MR) is 129 cm³/mol. The molecule has 0 bridgehead atoms. The van der Waals surface area contributed by atoms with Crippen LogP contribution >= 0.6 is 0 Å². The van der Waals surface area contributed by atoms with Crippen LogP contribution in [0.3, 0.4) is 0 Å². The maximum atomic E-state index is 2.59. The molecule has 7 atom stereocenters. The van der Waals surface area contributed by atoms with Gasteiger partial charge in [-0.3, -0.25) is 0 Å². The molecule has 5 rings (SSSR count). The maximum absolute atomic E-state index is 2.59. The van der Waals surface area contributed by atoms with E-state index in [1.54, 1.807) is 28.2 Å². The number of allylic oxidation sites excluding steroid dienone is 2. The number of halogens is 2. The van der Waals surface area contributed by atoms with Crippen LogP contribution in [0.15, 0.2) is 65.7 Å². The zero-order chi connectivity index (χ0) is 21.8. The summed E-state index contributed by atoms with van der Waals surface area (Å²) in [6.45, 7) is 20.1. The van der Waals surface area contributed by atoms with Gasteiger partial charge in [-0.25, -0.2) is 23.6 Å². The fourth-order valence-electron chi connectivity index (χ4n) is 7.39. The van der Waals surface area contributed by atoms with Crippen LogP contribution in [0.1, 0.15) is 66.5 Å². The summed E-state index contributed by atoms with van der Waals surface area (Å²) in [4.78, 5) is 0. The first-order valence-electron chi connectivity index (χ1n) is 12.0. The van der Waals surface area contributed by atoms with Crippen LogP contribution < -0.4 is 24.8 Å². The molecule has 2 aromatic carbocycles. The van der Waals surface area contributed by atoms with Crippen molar-refractivity contribution >= 4 is 0 Å². The standard InChI is InChI=1S/C25H35.C5H5.2ClH.Zr/c1-14-15(2)17(4)24(7)18(5)19(6)25(8)21-12-10-9-11-20(21)13-22(25)23(24)16(14)3;1-2-4-5-3-1;;;/h9-12,14-15,17-19H,13H2,1-8H3;1-5H;2*1H;/q2*-1;;;+4/p-2. The van der Waals surface area contributed by atoms with Gasteiger partial charge in [0.1, 0.15) is 0 Å². The molecule has 3 aliphatic carbocycles. The van der Waals surface area contributed by atoms with E-state index in [9.17, 15) is 0 Å². The van der Waals surface area contributed by atoms with E-state index in [4.69, 9.17) is 0 Å². The van der Waals surface area contributed by atoms with Crippen molar-refractivity contribution in [3.8, 4) is 0 Å². The van der Waals surface area contributed by atoms with Crippen molar-refractivity contribution in [2.75, 3.05) is 0 Å². The van der Waals surface area contributed by atoms with Gasteiger partial charge >= 0.3 is 26.2 Å². The molecule has 3 heteroatoms. The van der Waals surface area contributed by atoms with Crippen LogP contribution in [0.5, 0.6) is 0 Å². The summed E-state index contributed by atoms with van der Waals surface area (Å²) < 4.78 is 0. The first-order chi connectivity index (χ1) is 14.2. The molecular weight excluding hydrogens is 522 g/mol. The second kappa shape index (κ2) is 11.1. The molecule has 3 aliphatic rings. The van der Waals surface area contributed by atoms with E-state index < -0.39 is 0 Å². The molecule has 0 nitrogen and oxygen atoms in total. The minimum atomic E-state index is 0. The molecule has 2 aromatic rings. The number of hydrogen-bond donors (Lipinski definition) is 0. The van der Waals surface area contributed by atoms with Crippen molar-refractivity contribution in [1.29, 1.82) is 0 Å². The van der Waals surface area contributed by atoms with Crippen LogP contribution in [0.25, 0.3) is 0 Å². The molecule has 178 valence electrons. The van der Waals surface area contributed by atoms with Gasteiger partial charge in [-0.05, 0) is 34.5 Å². The second-order valence-corrected chi connectivity index (χ2v) is 10.8. The van der Waals surface area contributed by atoms with Crippen molar-refractivity contribution < 1.29 is 51.0 Å². The Bertz CT molecular complexity index is 915. The monoisotopic (exact) mass is 560 g/mol. The molecule has 33 heavy (non-hydrogen) atoms. The van der Waals surface area contributed by atoms with Gasteiger partial charge in [0, 0.05) is 0 Å². The van der Waals surface area contributed by atoms with Gasteiger partial charge < -0.3 is 24.8 Å². The molecule has 7 unspecified atom stereocenters. The summed E-state index contributed by atoms with van der Waals surface area (Å²) in [6.07, 6.45) is 1.17. The van der Waals surface area contributed by atoms with Crippen molar-refractivity contribution in [3.63, 3.8) is 0 Å². The fourth-order valence-corrected chi connectivity index (χ4v) is 7.39. The summed E-state index contributed by atoms with van der Waals surface area (Å²) in [5, 5.41) is 0. The van der Waals surface area contributed by atoms with E-state index in [1.807, 2.05) is 30.3 Å². The van der Waals surface area contributed by atoms with Crippen molar-refractivity contribution in [2.45, 2.75) is 67.2 Å². The van der Waals surface area contributed by atoms with Crippen LogP contribution in [-0.2, 0) is 38.0 Å². The maximum Gasteiger partial charge on any atom is 4.00 e.